The minimum Gasteiger partial charge on any atom is -0.388 e. The molecule has 0 spiro atoms. The minimum atomic E-state index is -0.290. The Balaban J connectivity index is 1.79. The fourth-order valence-corrected chi connectivity index (χ4v) is 2.84. The van der Waals surface area contributed by atoms with Gasteiger partial charge in [-0.2, -0.15) is 0 Å². The number of hydrogen-bond donors (Lipinski definition) is 1. The average Bonchev–Trinajstić information content (AvgIpc) is 2.86. The summed E-state index contributed by atoms with van der Waals surface area (Å²) >= 11 is 0. The summed E-state index contributed by atoms with van der Waals surface area (Å²) in [6.45, 7) is 3.81. The highest BCUT2D eigenvalue weighted by atomic mass is 16.5. The number of para-hydroxylation sites is 1. The molecule has 1 fully saturated rings. The maximum absolute atomic E-state index is 9.99. The summed E-state index contributed by atoms with van der Waals surface area (Å²) < 4.78 is 5.43. The Morgan fingerprint density at radius 3 is 3.00 bits per heavy atom. The van der Waals surface area contributed by atoms with Crippen molar-refractivity contribution in [2.24, 2.45) is 5.92 Å². The maximum atomic E-state index is 9.99. The predicted molar refractivity (Wildman–Crippen MR) is 67.2 cm³/mol. The molecule has 2 heterocycles. The number of rotatable bonds is 2. The zero-order valence-electron chi connectivity index (χ0n) is 10.0. The molecule has 3 rings (SSSR count). The third-order valence-corrected chi connectivity index (χ3v) is 3.81. The number of nitrogens with zero attached hydrogens (tertiary/aromatic N) is 1. The van der Waals surface area contributed by atoms with Crippen LogP contribution in [-0.2, 0) is 4.74 Å². The summed E-state index contributed by atoms with van der Waals surface area (Å²) in [5.74, 6) is 0.651. The first-order valence-corrected chi connectivity index (χ1v) is 6.44. The molecule has 2 unspecified atom stereocenters. The van der Waals surface area contributed by atoms with Gasteiger partial charge in [0.1, 0.15) is 0 Å². The van der Waals surface area contributed by atoms with Crippen LogP contribution in [0.3, 0.4) is 0 Å². The molecule has 3 nitrogen and oxygen atoms in total. The third kappa shape index (κ3) is 2.17. The first-order valence-electron chi connectivity index (χ1n) is 6.44. The molecule has 1 aromatic carbocycles. The standard InChI is InChI=1S/C14H19NO2/c16-14-5-7-15(9-11-6-8-17-10-11)13-4-2-1-3-12(13)14/h1-4,11,14,16H,5-10H2. The first-order chi connectivity index (χ1) is 8.34. The van der Waals surface area contributed by atoms with Crippen LogP contribution in [0, 0.1) is 5.92 Å². The fraction of sp³-hybridized carbons (Fsp3) is 0.571. The van der Waals surface area contributed by atoms with Crippen molar-refractivity contribution in [2.75, 3.05) is 31.2 Å². The van der Waals surface area contributed by atoms with E-state index in [-0.39, 0.29) is 6.10 Å². The van der Waals surface area contributed by atoms with E-state index < -0.39 is 0 Å². The summed E-state index contributed by atoms with van der Waals surface area (Å²) in [5, 5.41) is 9.99. The SMILES string of the molecule is OC1CCN(CC2CCOC2)c2ccccc21. The largest absolute Gasteiger partial charge is 0.388 e. The van der Waals surface area contributed by atoms with Gasteiger partial charge in [0, 0.05) is 36.9 Å². The lowest BCUT2D eigenvalue weighted by Gasteiger charge is -2.35. The number of aliphatic hydroxyl groups is 1. The molecule has 0 amide bonds. The topological polar surface area (TPSA) is 32.7 Å². The van der Waals surface area contributed by atoms with Crippen LogP contribution in [0.5, 0.6) is 0 Å². The van der Waals surface area contributed by atoms with E-state index in [0.29, 0.717) is 5.92 Å². The molecule has 1 saturated heterocycles. The summed E-state index contributed by atoms with van der Waals surface area (Å²) in [5.41, 5.74) is 2.29. The van der Waals surface area contributed by atoms with Crippen LogP contribution in [0.1, 0.15) is 24.5 Å². The first kappa shape index (κ1) is 11.1. The molecule has 1 N–H and O–H groups in total. The number of ether oxygens (including phenoxy) is 1. The van der Waals surface area contributed by atoms with E-state index in [1.807, 2.05) is 12.1 Å². The van der Waals surface area contributed by atoms with E-state index in [0.717, 1.165) is 38.3 Å². The van der Waals surface area contributed by atoms with E-state index in [1.165, 1.54) is 12.1 Å². The van der Waals surface area contributed by atoms with Crippen LogP contribution in [0.2, 0.25) is 0 Å². The normalized spacial score (nSPS) is 28.2. The van der Waals surface area contributed by atoms with Crippen molar-refractivity contribution in [1.29, 1.82) is 0 Å². The van der Waals surface area contributed by atoms with Crippen LogP contribution in [0.4, 0.5) is 5.69 Å². The van der Waals surface area contributed by atoms with Gasteiger partial charge < -0.3 is 14.7 Å². The monoisotopic (exact) mass is 233 g/mol. The fourth-order valence-electron chi connectivity index (χ4n) is 2.84. The van der Waals surface area contributed by atoms with Gasteiger partial charge in [0.05, 0.1) is 12.7 Å². The summed E-state index contributed by atoms with van der Waals surface area (Å²) in [6, 6.07) is 8.21. The zero-order valence-corrected chi connectivity index (χ0v) is 10.0. The van der Waals surface area contributed by atoms with Gasteiger partial charge in [-0.15, -0.1) is 0 Å². The lowest BCUT2D eigenvalue weighted by atomic mass is 9.97. The summed E-state index contributed by atoms with van der Waals surface area (Å²) in [7, 11) is 0. The van der Waals surface area contributed by atoms with E-state index in [4.69, 9.17) is 4.74 Å². The second-order valence-corrected chi connectivity index (χ2v) is 5.04. The molecule has 92 valence electrons. The lowest BCUT2D eigenvalue weighted by molar-refractivity contribution is 0.162. The number of benzene rings is 1. The molecule has 1 aromatic rings. The molecule has 2 atom stereocenters. The predicted octanol–water partition coefficient (Wildman–Crippen LogP) is 1.97. The molecule has 2 aliphatic rings. The van der Waals surface area contributed by atoms with Gasteiger partial charge in [-0.25, -0.2) is 0 Å². The molecule has 0 aliphatic carbocycles. The molecule has 17 heavy (non-hydrogen) atoms. The van der Waals surface area contributed by atoms with Crippen molar-refractivity contribution in [3.63, 3.8) is 0 Å². The van der Waals surface area contributed by atoms with Crippen molar-refractivity contribution in [1.82, 2.24) is 0 Å². The molecule has 0 aromatic heterocycles. The van der Waals surface area contributed by atoms with Crippen molar-refractivity contribution < 1.29 is 9.84 Å². The van der Waals surface area contributed by atoms with Crippen molar-refractivity contribution in [2.45, 2.75) is 18.9 Å². The van der Waals surface area contributed by atoms with Gasteiger partial charge in [0.25, 0.3) is 0 Å². The minimum absolute atomic E-state index is 0.290. The average molecular weight is 233 g/mol. The third-order valence-electron chi connectivity index (χ3n) is 3.81. The van der Waals surface area contributed by atoms with Crippen molar-refractivity contribution in [3.05, 3.63) is 29.8 Å². The molecular formula is C14H19NO2. The van der Waals surface area contributed by atoms with Gasteiger partial charge in [-0.05, 0) is 18.9 Å². The zero-order chi connectivity index (χ0) is 11.7. The second kappa shape index (κ2) is 4.67. The maximum Gasteiger partial charge on any atom is 0.0826 e. The van der Waals surface area contributed by atoms with Crippen LogP contribution in [0.15, 0.2) is 24.3 Å². The highest BCUT2D eigenvalue weighted by Gasteiger charge is 2.26. The van der Waals surface area contributed by atoms with Crippen LogP contribution in [-0.4, -0.2) is 31.4 Å². The lowest BCUT2D eigenvalue weighted by Crippen LogP contribution is -2.35. The summed E-state index contributed by atoms with van der Waals surface area (Å²) in [6.07, 6.45) is 1.72. The second-order valence-electron chi connectivity index (χ2n) is 5.04. The van der Waals surface area contributed by atoms with E-state index in [1.54, 1.807) is 0 Å². The smallest absolute Gasteiger partial charge is 0.0826 e. The Morgan fingerprint density at radius 2 is 2.18 bits per heavy atom. The van der Waals surface area contributed by atoms with Gasteiger partial charge in [-0.3, -0.25) is 0 Å². The van der Waals surface area contributed by atoms with Crippen LogP contribution < -0.4 is 4.90 Å². The Hall–Kier alpha value is -1.06. The van der Waals surface area contributed by atoms with Gasteiger partial charge in [-0.1, -0.05) is 18.2 Å². The Morgan fingerprint density at radius 1 is 1.29 bits per heavy atom. The van der Waals surface area contributed by atoms with E-state index in [2.05, 4.69) is 17.0 Å². The highest BCUT2D eigenvalue weighted by molar-refractivity contribution is 5.56. The highest BCUT2D eigenvalue weighted by Crippen LogP contribution is 2.34. The Bertz CT molecular complexity index is 388. The van der Waals surface area contributed by atoms with E-state index in [9.17, 15) is 5.11 Å². The molecule has 2 aliphatic heterocycles. The molecule has 0 saturated carbocycles. The Labute approximate surface area is 102 Å². The Kier molecular flexibility index (Phi) is 3.04. The van der Waals surface area contributed by atoms with Crippen LogP contribution in [0.25, 0.3) is 0 Å². The summed E-state index contributed by atoms with van der Waals surface area (Å²) in [4.78, 5) is 2.40. The molecule has 3 heteroatoms. The molecular weight excluding hydrogens is 214 g/mol. The van der Waals surface area contributed by atoms with E-state index >= 15 is 0 Å². The van der Waals surface area contributed by atoms with Gasteiger partial charge >= 0.3 is 0 Å². The van der Waals surface area contributed by atoms with Crippen LogP contribution >= 0.6 is 0 Å². The van der Waals surface area contributed by atoms with Crippen molar-refractivity contribution >= 4 is 5.69 Å². The molecule has 0 radical (unpaired) electrons. The van der Waals surface area contributed by atoms with Gasteiger partial charge in [0.2, 0.25) is 0 Å². The molecule has 0 bridgehead atoms. The number of anilines is 1. The number of fused-ring (bicyclic) bond motifs is 1. The van der Waals surface area contributed by atoms with Crippen molar-refractivity contribution in [3.8, 4) is 0 Å². The quantitative estimate of drug-likeness (QED) is 0.847. The van der Waals surface area contributed by atoms with Gasteiger partial charge in [0.15, 0.2) is 0 Å². The number of aliphatic hydroxyl groups excluding tert-OH is 1. The number of hydrogen-bond acceptors (Lipinski definition) is 3.